The molecule has 23 heavy (non-hydrogen) atoms. The first-order valence-electron chi connectivity index (χ1n) is 6.86. The van der Waals surface area contributed by atoms with Gasteiger partial charge in [0.05, 0.1) is 5.56 Å². The Bertz CT molecular complexity index is 503. The molecule has 1 fully saturated rings. The van der Waals surface area contributed by atoms with E-state index < -0.39 is 23.6 Å². The molecule has 0 aromatic heterocycles. The van der Waals surface area contributed by atoms with Crippen molar-refractivity contribution in [3.8, 4) is 0 Å². The van der Waals surface area contributed by atoms with E-state index >= 15 is 0 Å². The van der Waals surface area contributed by atoms with Crippen molar-refractivity contribution in [3.63, 3.8) is 0 Å². The lowest BCUT2D eigenvalue weighted by atomic mass is 9.98. The van der Waals surface area contributed by atoms with Gasteiger partial charge in [0, 0.05) is 37.8 Å². The highest BCUT2D eigenvalue weighted by molar-refractivity contribution is 5.85. The number of halogens is 6. The minimum absolute atomic E-state index is 0. The normalized spacial score (nSPS) is 16.9. The van der Waals surface area contributed by atoms with E-state index in [1.165, 1.54) is 0 Å². The lowest BCUT2D eigenvalue weighted by Crippen LogP contribution is -2.45. The third-order valence-corrected chi connectivity index (χ3v) is 3.66. The van der Waals surface area contributed by atoms with Crippen LogP contribution in [0.1, 0.15) is 23.6 Å². The molecule has 1 aromatic rings. The molecule has 0 spiro atoms. The molecule has 0 bridgehead atoms. The van der Waals surface area contributed by atoms with Crippen molar-refractivity contribution in [1.82, 2.24) is 10.2 Å². The Morgan fingerprint density at radius 1 is 1.22 bits per heavy atom. The number of benzene rings is 1. The number of piperazine rings is 1. The lowest BCUT2D eigenvalue weighted by Gasteiger charge is -2.35. The molecular formula is C15H20Cl2F4N2. The average molecular weight is 375 g/mol. The van der Waals surface area contributed by atoms with Gasteiger partial charge in [-0.15, -0.1) is 31.4 Å². The van der Waals surface area contributed by atoms with Gasteiger partial charge in [0.25, 0.3) is 0 Å². The molecule has 1 atom stereocenters. The summed E-state index contributed by atoms with van der Waals surface area (Å²) in [6.45, 7) is 6.47. The molecule has 8 heteroatoms. The summed E-state index contributed by atoms with van der Waals surface area (Å²) in [6, 6.07) is 2.19. The van der Waals surface area contributed by atoms with E-state index in [9.17, 15) is 17.6 Å². The summed E-state index contributed by atoms with van der Waals surface area (Å²) in [7, 11) is 0. The minimum atomic E-state index is -4.47. The summed E-state index contributed by atoms with van der Waals surface area (Å²) >= 11 is 0. The highest BCUT2D eigenvalue weighted by atomic mass is 35.5. The van der Waals surface area contributed by atoms with E-state index in [1.54, 1.807) is 6.08 Å². The van der Waals surface area contributed by atoms with Crippen LogP contribution >= 0.6 is 24.8 Å². The molecule has 0 saturated carbocycles. The maximum absolute atomic E-state index is 14.0. The van der Waals surface area contributed by atoms with E-state index in [-0.39, 0.29) is 30.4 Å². The second-order valence-corrected chi connectivity index (χ2v) is 5.06. The standard InChI is InChI=1S/C15H18F4N2.2ClH/c1-2-3-14(21-8-6-20-7-9-21)12-10-11(15(17,18)19)4-5-13(12)16;;/h2,4-5,10,14,20H,1,3,6-9H2;2*1H/t14-;;/m0../s1. The average Bonchev–Trinajstić information content (AvgIpc) is 2.45. The Hall–Kier alpha value is -0.820. The van der Waals surface area contributed by atoms with Crippen LogP contribution in [0.4, 0.5) is 17.6 Å². The van der Waals surface area contributed by atoms with Crippen LogP contribution in [0.15, 0.2) is 30.9 Å². The second-order valence-electron chi connectivity index (χ2n) is 5.06. The number of alkyl halides is 3. The van der Waals surface area contributed by atoms with Gasteiger partial charge in [-0.1, -0.05) is 6.08 Å². The first-order valence-corrected chi connectivity index (χ1v) is 6.86. The van der Waals surface area contributed by atoms with Gasteiger partial charge < -0.3 is 5.32 Å². The van der Waals surface area contributed by atoms with Crippen molar-refractivity contribution in [2.45, 2.75) is 18.6 Å². The zero-order chi connectivity index (χ0) is 15.5. The molecule has 1 aliphatic heterocycles. The maximum atomic E-state index is 14.0. The molecule has 1 saturated heterocycles. The monoisotopic (exact) mass is 374 g/mol. The molecular weight excluding hydrogens is 355 g/mol. The van der Waals surface area contributed by atoms with Crippen LogP contribution in [-0.4, -0.2) is 31.1 Å². The highest BCUT2D eigenvalue weighted by Gasteiger charge is 2.33. The molecule has 2 nitrogen and oxygen atoms in total. The van der Waals surface area contributed by atoms with E-state index in [0.29, 0.717) is 19.5 Å². The van der Waals surface area contributed by atoms with Crippen LogP contribution in [0, 0.1) is 5.82 Å². The summed E-state index contributed by atoms with van der Waals surface area (Å²) < 4.78 is 52.5. The zero-order valence-corrected chi connectivity index (χ0v) is 14.0. The molecule has 1 aromatic carbocycles. The van der Waals surface area contributed by atoms with Gasteiger partial charge in [0.15, 0.2) is 0 Å². The number of hydrogen-bond donors (Lipinski definition) is 1. The van der Waals surface area contributed by atoms with Crippen molar-refractivity contribution in [2.75, 3.05) is 26.2 Å². The van der Waals surface area contributed by atoms with E-state index in [0.717, 1.165) is 31.3 Å². The lowest BCUT2D eigenvalue weighted by molar-refractivity contribution is -0.137. The third-order valence-electron chi connectivity index (χ3n) is 3.66. The van der Waals surface area contributed by atoms with Gasteiger partial charge in [-0.05, 0) is 24.6 Å². The summed E-state index contributed by atoms with van der Waals surface area (Å²) in [5.41, 5.74) is -0.727. The van der Waals surface area contributed by atoms with Crippen molar-refractivity contribution < 1.29 is 17.6 Å². The third kappa shape index (κ3) is 5.64. The topological polar surface area (TPSA) is 15.3 Å². The summed E-state index contributed by atoms with van der Waals surface area (Å²) in [5.74, 6) is -0.603. The quantitative estimate of drug-likeness (QED) is 0.627. The van der Waals surface area contributed by atoms with Crippen molar-refractivity contribution in [2.24, 2.45) is 0 Å². The maximum Gasteiger partial charge on any atom is 0.416 e. The minimum Gasteiger partial charge on any atom is -0.314 e. The fourth-order valence-corrected chi connectivity index (χ4v) is 2.60. The Balaban J connectivity index is 0.00000242. The Kier molecular flexibility index (Phi) is 9.13. The molecule has 2 rings (SSSR count). The molecule has 1 aliphatic rings. The molecule has 0 aliphatic carbocycles. The number of nitrogens with one attached hydrogen (secondary N) is 1. The summed E-state index contributed by atoms with van der Waals surface area (Å²) in [4.78, 5) is 2.00. The van der Waals surface area contributed by atoms with Crippen LogP contribution < -0.4 is 5.32 Å². The summed E-state index contributed by atoms with van der Waals surface area (Å²) in [6.07, 6.45) is -2.44. The van der Waals surface area contributed by atoms with Crippen molar-refractivity contribution >= 4 is 24.8 Å². The number of hydrogen-bond acceptors (Lipinski definition) is 2. The van der Waals surface area contributed by atoms with Gasteiger partial charge in [-0.25, -0.2) is 4.39 Å². The largest absolute Gasteiger partial charge is 0.416 e. The van der Waals surface area contributed by atoms with Gasteiger partial charge in [-0.3, -0.25) is 4.90 Å². The van der Waals surface area contributed by atoms with Gasteiger partial charge in [0.1, 0.15) is 5.82 Å². The predicted octanol–water partition coefficient (Wildman–Crippen LogP) is 4.21. The Labute approximate surface area is 145 Å². The van der Waals surface area contributed by atoms with Crippen molar-refractivity contribution in [3.05, 3.63) is 47.8 Å². The fraction of sp³-hybridized carbons (Fsp3) is 0.467. The van der Waals surface area contributed by atoms with Crippen LogP contribution in [-0.2, 0) is 6.18 Å². The van der Waals surface area contributed by atoms with Gasteiger partial charge >= 0.3 is 6.18 Å². The molecule has 1 heterocycles. The second kappa shape index (κ2) is 9.47. The van der Waals surface area contributed by atoms with Gasteiger partial charge in [0.2, 0.25) is 0 Å². The fourth-order valence-electron chi connectivity index (χ4n) is 2.60. The van der Waals surface area contributed by atoms with Crippen LogP contribution in [0.5, 0.6) is 0 Å². The van der Waals surface area contributed by atoms with E-state index in [2.05, 4.69) is 11.9 Å². The molecule has 132 valence electrons. The number of nitrogens with zero attached hydrogens (tertiary/aromatic N) is 1. The summed E-state index contributed by atoms with van der Waals surface area (Å²) in [5, 5.41) is 3.17. The number of rotatable bonds is 4. The molecule has 1 N–H and O–H groups in total. The zero-order valence-electron chi connectivity index (χ0n) is 12.4. The SMILES string of the molecule is C=CC[C@@H](c1cc(C(F)(F)F)ccc1F)N1CCNCC1.Cl.Cl. The Morgan fingerprint density at radius 3 is 2.35 bits per heavy atom. The molecule has 0 unspecified atom stereocenters. The molecule has 0 radical (unpaired) electrons. The van der Waals surface area contributed by atoms with Crippen LogP contribution in [0.25, 0.3) is 0 Å². The van der Waals surface area contributed by atoms with Crippen molar-refractivity contribution in [1.29, 1.82) is 0 Å². The van der Waals surface area contributed by atoms with Gasteiger partial charge in [-0.2, -0.15) is 13.2 Å². The van der Waals surface area contributed by atoms with Crippen LogP contribution in [0.3, 0.4) is 0 Å². The highest BCUT2D eigenvalue weighted by Crippen LogP contribution is 2.34. The first-order chi connectivity index (χ1) is 9.93. The predicted molar refractivity (Wildman–Crippen MR) is 87.9 cm³/mol. The Morgan fingerprint density at radius 2 is 1.83 bits per heavy atom. The first kappa shape index (κ1) is 22.2. The van der Waals surface area contributed by atoms with Crippen LogP contribution in [0.2, 0.25) is 0 Å². The molecule has 0 amide bonds. The van der Waals surface area contributed by atoms with E-state index in [4.69, 9.17) is 0 Å². The van der Waals surface area contributed by atoms with E-state index in [1.807, 2.05) is 4.90 Å². The smallest absolute Gasteiger partial charge is 0.314 e.